The molecule has 0 amide bonds. The highest BCUT2D eigenvalue weighted by Gasteiger charge is 2.12. The number of hydrogen-bond donors (Lipinski definition) is 0. The second kappa shape index (κ2) is 4.15. The molecule has 2 heteroatoms. The summed E-state index contributed by atoms with van der Waals surface area (Å²) < 4.78 is 0. The van der Waals surface area contributed by atoms with Crippen LogP contribution in [0.2, 0.25) is 0 Å². The first-order chi connectivity index (χ1) is 7.24. The van der Waals surface area contributed by atoms with Crippen LogP contribution in [0.25, 0.3) is 10.8 Å². The second-order valence-electron chi connectivity index (χ2n) is 3.56. The average Bonchev–Trinajstić information content (AvgIpc) is 2.28. The maximum atomic E-state index is 10.9. The minimum Gasteiger partial charge on any atom is -0.302 e. The molecule has 0 aromatic heterocycles. The zero-order chi connectivity index (χ0) is 10.8. The normalized spacial score (nSPS) is 12.7. The third-order valence-corrected chi connectivity index (χ3v) is 3.26. The molecule has 76 valence electrons. The summed E-state index contributed by atoms with van der Waals surface area (Å²) in [5, 5.41) is 2.32. The average molecular weight is 263 g/mol. The lowest BCUT2D eigenvalue weighted by molar-refractivity contribution is -0.107. The number of hydrogen-bond acceptors (Lipinski definition) is 1. The van der Waals surface area contributed by atoms with Crippen molar-refractivity contribution in [2.24, 2.45) is 0 Å². The third-order valence-electron chi connectivity index (χ3n) is 2.58. The van der Waals surface area contributed by atoms with E-state index in [0.29, 0.717) is 0 Å². The third kappa shape index (κ3) is 1.82. The quantitative estimate of drug-likeness (QED) is 0.595. The van der Waals surface area contributed by atoms with E-state index in [1.807, 2.05) is 19.1 Å². The molecule has 0 fully saturated rings. The molecular formula is C13H11BrO. The predicted molar refractivity (Wildman–Crippen MR) is 66.4 cm³/mol. The molecule has 1 atom stereocenters. The number of halogens is 1. The van der Waals surface area contributed by atoms with Crippen molar-refractivity contribution in [3.8, 4) is 0 Å². The molecule has 0 aliphatic heterocycles. The van der Waals surface area contributed by atoms with Gasteiger partial charge in [0.25, 0.3) is 0 Å². The summed E-state index contributed by atoms with van der Waals surface area (Å²) in [7, 11) is 0. The molecule has 0 spiro atoms. The molecule has 0 radical (unpaired) electrons. The Morgan fingerprint density at radius 1 is 1.20 bits per heavy atom. The fourth-order valence-corrected chi connectivity index (χ4v) is 2.45. The summed E-state index contributed by atoms with van der Waals surface area (Å²) in [4.78, 5) is 10.6. The Bertz CT molecular complexity index is 505. The highest BCUT2D eigenvalue weighted by Crippen LogP contribution is 2.31. The van der Waals surface area contributed by atoms with Gasteiger partial charge in [0.15, 0.2) is 0 Å². The van der Waals surface area contributed by atoms with E-state index in [1.54, 1.807) is 0 Å². The van der Waals surface area contributed by atoms with Crippen LogP contribution in [0.1, 0.15) is 16.0 Å². The predicted octanol–water partition coefficient (Wildman–Crippen LogP) is 3.78. The van der Waals surface area contributed by atoms with Gasteiger partial charge in [-0.05, 0) is 28.8 Å². The Balaban J connectivity index is 2.79. The summed E-state index contributed by atoms with van der Waals surface area (Å²) in [5.74, 6) is 0. The molecule has 1 unspecified atom stereocenters. The minimum atomic E-state index is -0.219. The molecule has 2 aromatic carbocycles. The Labute approximate surface area is 97.2 Å². The molecule has 0 aliphatic carbocycles. The number of fused-ring (bicyclic) bond motifs is 1. The Hall–Kier alpha value is -1.15. The van der Waals surface area contributed by atoms with Crippen LogP contribution < -0.4 is 0 Å². The molecule has 0 bridgehead atoms. The summed E-state index contributed by atoms with van der Waals surface area (Å²) in [6, 6.07) is 12.2. The first kappa shape index (κ1) is 10.4. The molecule has 2 rings (SSSR count). The largest absolute Gasteiger partial charge is 0.302 e. The Morgan fingerprint density at radius 2 is 1.93 bits per heavy atom. The van der Waals surface area contributed by atoms with Gasteiger partial charge in [0.05, 0.1) is 4.83 Å². The van der Waals surface area contributed by atoms with Gasteiger partial charge in [0.2, 0.25) is 0 Å². The Morgan fingerprint density at radius 3 is 2.67 bits per heavy atom. The van der Waals surface area contributed by atoms with Crippen LogP contribution >= 0.6 is 15.9 Å². The molecule has 1 nitrogen and oxygen atoms in total. The number of carbonyl (C=O) groups is 1. The number of rotatable bonds is 2. The highest BCUT2D eigenvalue weighted by molar-refractivity contribution is 9.09. The van der Waals surface area contributed by atoms with Crippen molar-refractivity contribution in [3.63, 3.8) is 0 Å². The summed E-state index contributed by atoms with van der Waals surface area (Å²) >= 11 is 3.39. The van der Waals surface area contributed by atoms with E-state index in [4.69, 9.17) is 0 Å². The van der Waals surface area contributed by atoms with Gasteiger partial charge in [-0.1, -0.05) is 52.3 Å². The lowest BCUT2D eigenvalue weighted by Crippen LogP contribution is -1.95. The summed E-state index contributed by atoms with van der Waals surface area (Å²) in [6.45, 7) is 2.03. The van der Waals surface area contributed by atoms with Gasteiger partial charge >= 0.3 is 0 Å². The molecule has 0 saturated heterocycles. The summed E-state index contributed by atoms with van der Waals surface area (Å²) in [6.07, 6.45) is 0.925. The van der Waals surface area contributed by atoms with E-state index in [2.05, 4.69) is 40.2 Å². The molecular weight excluding hydrogens is 252 g/mol. The zero-order valence-electron chi connectivity index (χ0n) is 8.41. The van der Waals surface area contributed by atoms with Crippen molar-refractivity contribution in [3.05, 3.63) is 47.5 Å². The van der Waals surface area contributed by atoms with Crippen LogP contribution in [0.3, 0.4) is 0 Å². The van der Waals surface area contributed by atoms with Gasteiger partial charge in [-0.25, -0.2) is 0 Å². The molecule has 0 N–H and O–H groups in total. The summed E-state index contributed by atoms with van der Waals surface area (Å²) in [5.41, 5.74) is 2.21. The standard InChI is InChI=1S/C13H11BrO/c1-9-6-7-10-4-2-3-5-11(10)13(9)12(14)8-15/h2-8,12H,1H3. The van der Waals surface area contributed by atoms with E-state index < -0.39 is 0 Å². The maximum absolute atomic E-state index is 10.9. The first-order valence-corrected chi connectivity index (χ1v) is 5.73. The maximum Gasteiger partial charge on any atom is 0.138 e. The number of carbonyl (C=O) groups excluding carboxylic acids is 1. The van der Waals surface area contributed by atoms with Crippen LogP contribution in [-0.4, -0.2) is 6.29 Å². The second-order valence-corrected chi connectivity index (χ2v) is 4.54. The van der Waals surface area contributed by atoms with Crippen molar-refractivity contribution in [1.82, 2.24) is 0 Å². The van der Waals surface area contributed by atoms with E-state index in [9.17, 15) is 4.79 Å². The van der Waals surface area contributed by atoms with E-state index in [-0.39, 0.29) is 4.83 Å². The topological polar surface area (TPSA) is 17.1 Å². The van der Waals surface area contributed by atoms with Crippen LogP contribution in [-0.2, 0) is 4.79 Å². The van der Waals surface area contributed by atoms with Gasteiger partial charge in [-0.15, -0.1) is 0 Å². The van der Waals surface area contributed by atoms with Crippen molar-refractivity contribution >= 4 is 33.0 Å². The molecule has 0 saturated carbocycles. The molecule has 0 heterocycles. The van der Waals surface area contributed by atoms with Gasteiger partial charge in [0, 0.05) is 0 Å². The van der Waals surface area contributed by atoms with Crippen molar-refractivity contribution < 1.29 is 4.79 Å². The fourth-order valence-electron chi connectivity index (χ4n) is 1.84. The fraction of sp³-hybridized carbons (Fsp3) is 0.154. The van der Waals surface area contributed by atoms with Crippen molar-refractivity contribution in [2.75, 3.05) is 0 Å². The van der Waals surface area contributed by atoms with E-state index >= 15 is 0 Å². The van der Waals surface area contributed by atoms with Gasteiger partial charge < -0.3 is 4.79 Å². The minimum absolute atomic E-state index is 0.219. The molecule has 2 aromatic rings. The van der Waals surface area contributed by atoms with Crippen LogP contribution in [0.4, 0.5) is 0 Å². The lowest BCUT2D eigenvalue weighted by Gasteiger charge is -2.11. The Kier molecular flexibility index (Phi) is 2.87. The van der Waals surface area contributed by atoms with Gasteiger partial charge in [-0.2, -0.15) is 0 Å². The monoisotopic (exact) mass is 262 g/mol. The number of aldehydes is 1. The van der Waals surface area contributed by atoms with Gasteiger partial charge in [0.1, 0.15) is 6.29 Å². The highest BCUT2D eigenvalue weighted by atomic mass is 79.9. The van der Waals surface area contributed by atoms with Crippen LogP contribution in [0, 0.1) is 6.92 Å². The lowest BCUT2D eigenvalue weighted by atomic mass is 9.98. The van der Waals surface area contributed by atoms with E-state index in [1.165, 1.54) is 5.39 Å². The van der Waals surface area contributed by atoms with Crippen LogP contribution in [0.15, 0.2) is 36.4 Å². The number of aryl methyl sites for hydroxylation is 1. The van der Waals surface area contributed by atoms with Crippen molar-refractivity contribution in [2.45, 2.75) is 11.8 Å². The van der Waals surface area contributed by atoms with Crippen molar-refractivity contribution in [1.29, 1.82) is 0 Å². The van der Waals surface area contributed by atoms with Crippen LogP contribution in [0.5, 0.6) is 0 Å². The SMILES string of the molecule is Cc1ccc2ccccc2c1C(Br)C=O. The van der Waals surface area contributed by atoms with Gasteiger partial charge in [-0.3, -0.25) is 0 Å². The first-order valence-electron chi connectivity index (χ1n) is 4.81. The molecule has 0 aliphatic rings. The van der Waals surface area contributed by atoms with E-state index in [0.717, 1.165) is 22.8 Å². The number of alkyl halides is 1. The molecule has 15 heavy (non-hydrogen) atoms. The smallest absolute Gasteiger partial charge is 0.138 e. The number of benzene rings is 2. The zero-order valence-corrected chi connectivity index (χ0v) is 9.99.